The van der Waals surface area contributed by atoms with Gasteiger partial charge in [0.2, 0.25) is 0 Å². The number of nitrogens with zero attached hydrogens (tertiary/aromatic N) is 5. The van der Waals surface area contributed by atoms with E-state index in [1.54, 1.807) is 11.1 Å². The van der Waals surface area contributed by atoms with Crippen molar-refractivity contribution in [3.8, 4) is 62.6 Å². The smallest absolute Gasteiger partial charge is 0.405 e. The summed E-state index contributed by atoms with van der Waals surface area (Å²) >= 11 is 38.8. The van der Waals surface area contributed by atoms with Crippen LogP contribution >= 0.6 is 196 Å². The maximum Gasteiger partial charge on any atom is 0.494 e. The summed E-state index contributed by atoms with van der Waals surface area (Å²) < 4.78 is 50.7. The first-order valence-corrected chi connectivity index (χ1v) is 66.2. The Bertz CT molecular complexity index is 6310. The Kier molecular flexibility index (Phi) is 48.1. The number of hydrogen-bond acceptors (Lipinski definition) is 15. The summed E-state index contributed by atoms with van der Waals surface area (Å²) in [4.78, 5) is 10.4. The maximum atomic E-state index is 5.95. The fourth-order valence-corrected chi connectivity index (χ4v) is 30.7. The number of aryl methyl sites for hydroxylation is 2. The molecule has 25 heteroatoms. The van der Waals surface area contributed by atoms with Gasteiger partial charge in [0.15, 0.2) is 0 Å². The molecular formula is C124H145B2Br8N5O4S6. The third-order valence-electron chi connectivity index (χ3n) is 29.9. The topological polar surface area (TPSA) is 91.7 Å². The summed E-state index contributed by atoms with van der Waals surface area (Å²) in [5.74, 6) is 0.586. The molecule has 1 unspecified atom stereocenters. The highest BCUT2D eigenvalue weighted by molar-refractivity contribution is 9.12. The quantitative estimate of drug-likeness (QED) is 0.0273. The minimum atomic E-state index is -0.240. The monoisotopic (exact) mass is 2610 g/mol. The molecule has 15 aromatic rings. The number of aromatic nitrogens is 4. The number of fused-ring (bicyclic) bond motifs is 8. The summed E-state index contributed by atoms with van der Waals surface area (Å²) in [6.45, 7) is 21.0. The van der Waals surface area contributed by atoms with Gasteiger partial charge in [-0.1, -0.05) is 385 Å². The highest BCUT2D eigenvalue weighted by Crippen LogP contribution is 2.58. The van der Waals surface area contributed by atoms with Crippen molar-refractivity contribution < 1.29 is 18.6 Å². The fourth-order valence-electron chi connectivity index (χ4n) is 21.7. The van der Waals surface area contributed by atoms with Gasteiger partial charge in [0, 0.05) is 95.1 Å². The van der Waals surface area contributed by atoms with E-state index < -0.39 is 0 Å². The molecule has 2 aliphatic carbocycles. The molecule has 6 aromatic heterocycles. The molecular weight excluding hydrogens is 2480 g/mol. The molecule has 788 valence electrons. The van der Waals surface area contributed by atoms with Gasteiger partial charge >= 0.3 is 14.2 Å². The van der Waals surface area contributed by atoms with Crippen molar-refractivity contribution >= 4 is 261 Å². The van der Waals surface area contributed by atoms with Crippen molar-refractivity contribution in [3.05, 3.63) is 280 Å². The number of benzene rings is 9. The van der Waals surface area contributed by atoms with Crippen LogP contribution in [0.2, 0.25) is 0 Å². The first kappa shape index (κ1) is 118. The van der Waals surface area contributed by atoms with E-state index in [1.165, 1.54) is 362 Å². The Labute approximate surface area is 981 Å². The number of thiophene rings is 4. The Morgan fingerprint density at radius 1 is 0.295 bits per heavy atom. The number of anilines is 3. The molecule has 0 bridgehead atoms. The minimum Gasteiger partial charge on any atom is -0.405 e. The lowest BCUT2D eigenvalue weighted by Gasteiger charge is -2.33. The van der Waals surface area contributed by atoms with E-state index in [1.807, 2.05) is 57.5 Å². The van der Waals surface area contributed by atoms with Crippen LogP contribution in [0.4, 0.5) is 17.1 Å². The van der Waals surface area contributed by atoms with E-state index in [4.69, 9.17) is 27.4 Å². The molecule has 4 aliphatic rings. The summed E-state index contributed by atoms with van der Waals surface area (Å²) in [6.07, 6.45) is 50.7. The number of unbranched alkanes of at least 4 members (excludes halogenated alkanes) is 26. The molecule has 1 atom stereocenters. The second-order valence-electron chi connectivity index (χ2n) is 40.4. The molecule has 2 aliphatic heterocycles. The van der Waals surface area contributed by atoms with Crippen molar-refractivity contribution in [1.29, 1.82) is 0 Å². The first-order valence-electron chi connectivity index (χ1n) is 55.2. The molecule has 0 N–H and O–H groups in total. The molecule has 19 rings (SSSR count). The lowest BCUT2D eigenvalue weighted by molar-refractivity contribution is 0.365. The molecule has 8 heterocycles. The van der Waals surface area contributed by atoms with E-state index >= 15 is 0 Å². The molecule has 0 amide bonds. The Balaban J connectivity index is 0.000000145. The SMILES string of the molecule is Brc1ccc(Br)c2nsnc12.CCC(C)c1ccc(N(c2ccc(Br)cc2)c2ccc(Br)cc2)cc1.CCCCCCCCC1(CCCCCCCC)c2cc(B3OCCO3)ccc2-c2ccc(B3OCCO3)cc21.CCCCCCCCC1(CCCCCCCC)c2cc(Br)ccc2-c2ccc(Br)cc21.CCCCCCc1cc(-c2ccc(-c3cc(CCCCCC)c(-c4ccc(Br)s4)s3)c3nsnc23)sc1-c1ccc(Br)s1. The van der Waals surface area contributed by atoms with Crippen LogP contribution in [-0.2, 0) is 42.3 Å². The number of rotatable bonds is 49. The Hall–Kier alpha value is -4.97. The lowest BCUT2D eigenvalue weighted by atomic mass is 9.67. The van der Waals surface area contributed by atoms with E-state index in [2.05, 4.69) is 391 Å². The van der Waals surface area contributed by atoms with Crippen LogP contribution in [0.15, 0.2) is 241 Å². The van der Waals surface area contributed by atoms with Gasteiger partial charge in [0.1, 0.15) is 22.1 Å². The second-order valence-corrected chi connectivity index (χ2v) is 53.9. The molecule has 149 heavy (non-hydrogen) atoms. The van der Waals surface area contributed by atoms with Gasteiger partial charge in [-0.25, -0.2) is 0 Å². The van der Waals surface area contributed by atoms with Crippen LogP contribution in [0.5, 0.6) is 0 Å². The summed E-state index contributed by atoms with van der Waals surface area (Å²) in [7, 11) is -0.480. The first-order chi connectivity index (χ1) is 72.8. The van der Waals surface area contributed by atoms with E-state index in [-0.39, 0.29) is 25.1 Å². The Morgan fingerprint density at radius 3 is 0.933 bits per heavy atom. The highest BCUT2D eigenvalue weighted by Gasteiger charge is 2.46. The zero-order valence-corrected chi connectivity index (χ0v) is 106. The van der Waals surface area contributed by atoms with Gasteiger partial charge in [-0.2, -0.15) is 17.5 Å². The molecule has 0 saturated carbocycles. The zero-order chi connectivity index (χ0) is 104. The molecule has 9 aromatic carbocycles. The van der Waals surface area contributed by atoms with Gasteiger partial charge in [-0.15, -0.1) is 45.3 Å². The van der Waals surface area contributed by atoms with Gasteiger partial charge in [-0.3, -0.25) is 0 Å². The van der Waals surface area contributed by atoms with Crippen LogP contribution < -0.4 is 15.8 Å². The summed E-state index contributed by atoms with van der Waals surface area (Å²) in [6, 6.07) is 75.9. The molecule has 9 nitrogen and oxygen atoms in total. The van der Waals surface area contributed by atoms with E-state index in [0.29, 0.717) is 32.3 Å². The van der Waals surface area contributed by atoms with Gasteiger partial charge < -0.3 is 23.5 Å². The molecule has 2 saturated heterocycles. The van der Waals surface area contributed by atoms with Crippen molar-refractivity contribution in [1.82, 2.24) is 17.5 Å². The van der Waals surface area contributed by atoms with Crippen LogP contribution in [0, 0.1) is 0 Å². The van der Waals surface area contributed by atoms with Crippen LogP contribution in [0.1, 0.15) is 338 Å². The average Bonchev–Trinajstić information content (AvgIpc) is 1.57. The van der Waals surface area contributed by atoms with Crippen molar-refractivity contribution in [2.45, 2.75) is 323 Å². The normalized spacial score (nSPS) is 13.7. The average molecular weight is 2620 g/mol. The lowest BCUT2D eigenvalue weighted by Crippen LogP contribution is -2.35. The number of halogens is 8. The van der Waals surface area contributed by atoms with E-state index in [0.717, 1.165) is 87.2 Å². The number of hydrogen-bond donors (Lipinski definition) is 0. The zero-order valence-electron chi connectivity index (χ0n) is 88.1. The van der Waals surface area contributed by atoms with Gasteiger partial charge in [-0.05, 0) is 333 Å². The van der Waals surface area contributed by atoms with Crippen molar-refractivity contribution in [3.63, 3.8) is 0 Å². The van der Waals surface area contributed by atoms with Crippen LogP contribution in [0.3, 0.4) is 0 Å². The van der Waals surface area contributed by atoms with E-state index in [9.17, 15) is 0 Å². The van der Waals surface area contributed by atoms with Gasteiger partial charge in [0.05, 0.1) is 57.5 Å². The fraction of sp³-hybridized carbons (Fsp3) is 0.435. The Morgan fingerprint density at radius 2 is 0.597 bits per heavy atom. The maximum absolute atomic E-state index is 5.95. The third-order valence-corrected chi connectivity index (χ3v) is 40.3. The minimum absolute atomic E-state index is 0.0173. The summed E-state index contributed by atoms with van der Waals surface area (Å²) in [5.41, 5.74) is 28.4. The largest absolute Gasteiger partial charge is 0.494 e. The third kappa shape index (κ3) is 31.4. The van der Waals surface area contributed by atoms with Crippen molar-refractivity contribution in [2.75, 3.05) is 31.3 Å². The molecule has 2 fully saturated rings. The predicted molar refractivity (Wildman–Crippen MR) is 677 cm³/mol. The molecule has 0 spiro atoms. The predicted octanol–water partition coefficient (Wildman–Crippen LogP) is 43.7. The molecule has 0 radical (unpaired) electrons. The highest BCUT2D eigenvalue weighted by atomic mass is 79.9. The van der Waals surface area contributed by atoms with Crippen LogP contribution in [-0.4, -0.2) is 58.2 Å². The standard InChI is InChI=1S/C34H34Br2N2S5.C33H48B2O4.C29H40Br2.C22H21Br2N.C6H2Br2N2S/c1-3-5-7-9-11-21-19-27(41-33(21)25-15-17-29(35)39-25)23-13-14-24(32-31(23)37-43-38-32)28-20-22(12-10-8-6-4-2)34(42-28)26-16-18-30(36)40-26;1-3-5-7-9-11-13-19-33(20-14-12-10-8-6-4-2)31-25-27(34-36-21-22-37-34)15-17-29(31)30-18-16-28(26-32(30)33)35-38-23-24-39-35;1-3-5-7-9-11-13-19-29(20-14-12-10-8-6-4-2)27-21-23(30)15-17-25(27)26-18-16-24(31)22-28(26)29;1-3-16(2)17-4-10-20(11-5-17)25(21-12-6-18(23)7-13-21)22-14-8-19(24)9-15-22;7-3-1-2-4(8)6-5(3)9-11-10-6/h13-20H,3-12H2,1-2H3;15-18,25-26H,3-14,19-24H2,1-2H3;15-18,21-22H,3-14,19-20H2,1-2H3;4-16H,3H2,1-2H3;1-2H. The van der Waals surface area contributed by atoms with Crippen molar-refractivity contribution in [2.24, 2.45) is 0 Å². The second kappa shape index (κ2) is 60.7. The summed E-state index contributed by atoms with van der Waals surface area (Å²) in [5, 5.41) is 0. The van der Waals surface area contributed by atoms with Crippen LogP contribution in [0.25, 0.3) is 84.7 Å². The van der Waals surface area contributed by atoms with Gasteiger partial charge in [0.25, 0.3) is 0 Å².